The third-order valence-electron chi connectivity index (χ3n) is 2.46. The maximum Gasteiger partial charge on any atom is 0.255 e. The average molecular weight is 261 g/mol. The molecule has 0 spiro atoms. The Morgan fingerprint density at radius 2 is 2.05 bits per heavy atom. The highest BCUT2D eigenvalue weighted by Crippen LogP contribution is 2.29. The monoisotopic (exact) mass is 261 g/mol. The molecule has 0 saturated carbocycles. The van der Waals surface area contributed by atoms with E-state index in [2.05, 4.69) is 4.98 Å². The topological polar surface area (TPSA) is 91.2 Å². The minimum absolute atomic E-state index is 0.0164. The summed E-state index contributed by atoms with van der Waals surface area (Å²) in [5.41, 5.74) is 11.5. The second-order valence-corrected chi connectivity index (χ2v) is 3.93. The molecule has 0 bridgehead atoms. The van der Waals surface area contributed by atoms with Crippen molar-refractivity contribution in [1.82, 2.24) is 4.98 Å². The van der Waals surface area contributed by atoms with Crippen LogP contribution in [0.5, 0.6) is 11.6 Å². The molecule has 0 unspecified atom stereocenters. The first kappa shape index (κ1) is 12.8. The molecule has 0 aliphatic rings. The molecule has 1 amide bonds. The highest BCUT2D eigenvalue weighted by molar-refractivity contribution is 5.96. The van der Waals surface area contributed by atoms with E-state index in [4.69, 9.17) is 16.2 Å². The van der Waals surface area contributed by atoms with Crippen molar-refractivity contribution in [1.29, 1.82) is 0 Å². The normalized spacial score (nSPS) is 10.2. The van der Waals surface area contributed by atoms with Crippen LogP contribution in [0.3, 0.4) is 0 Å². The minimum atomic E-state index is -0.917. The van der Waals surface area contributed by atoms with Crippen molar-refractivity contribution in [3.8, 4) is 11.6 Å². The maximum absolute atomic E-state index is 13.6. The number of benzene rings is 1. The van der Waals surface area contributed by atoms with Crippen molar-refractivity contribution >= 4 is 11.6 Å². The Balaban J connectivity index is 2.46. The summed E-state index contributed by atoms with van der Waals surface area (Å²) in [4.78, 5) is 15.3. The summed E-state index contributed by atoms with van der Waals surface area (Å²) in [6.45, 7) is 1.76. The minimum Gasteiger partial charge on any atom is -0.436 e. The van der Waals surface area contributed by atoms with E-state index < -0.39 is 11.7 Å². The number of aryl methyl sites for hydroxylation is 1. The summed E-state index contributed by atoms with van der Waals surface area (Å²) in [6.07, 6.45) is 0. The lowest BCUT2D eigenvalue weighted by molar-refractivity contribution is 0.0994. The third kappa shape index (κ3) is 2.62. The molecule has 0 aliphatic heterocycles. The van der Waals surface area contributed by atoms with Gasteiger partial charge < -0.3 is 16.2 Å². The molecule has 1 aromatic heterocycles. The molecule has 4 N–H and O–H groups in total. The van der Waals surface area contributed by atoms with Crippen LogP contribution in [-0.2, 0) is 0 Å². The number of nitrogen functional groups attached to an aromatic ring is 1. The SMILES string of the molecule is Cc1ccc(N)c(Oc2cccc(F)c2C(N)=O)n1. The van der Waals surface area contributed by atoms with E-state index in [0.717, 1.165) is 6.07 Å². The quantitative estimate of drug-likeness (QED) is 0.884. The summed E-state index contributed by atoms with van der Waals surface area (Å²) in [5.74, 6) is -1.58. The van der Waals surface area contributed by atoms with Gasteiger partial charge in [0.05, 0.1) is 5.69 Å². The van der Waals surface area contributed by atoms with Crippen molar-refractivity contribution in [2.75, 3.05) is 5.73 Å². The fourth-order valence-corrected chi connectivity index (χ4v) is 1.56. The van der Waals surface area contributed by atoms with Crippen LogP contribution in [0.15, 0.2) is 30.3 Å². The van der Waals surface area contributed by atoms with Crippen LogP contribution in [0.4, 0.5) is 10.1 Å². The number of pyridine rings is 1. The zero-order chi connectivity index (χ0) is 14.0. The van der Waals surface area contributed by atoms with E-state index in [0.29, 0.717) is 5.69 Å². The number of carbonyl (C=O) groups is 1. The van der Waals surface area contributed by atoms with Crippen molar-refractivity contribution in [3.05, 3.63) is 47.4 Å². The van der Waals surface area contributed by atoms with E-state index in [1.807, 2.05) is 0 Å². The molecule has 0 fully saturated rings. The summed E-state index contributed by atoms with van der Waals surface area (Å²) in [6, 6.07) is 7.28. The molecule has 0 radical (unpaired) electrons. The molecular formula is C13H12FN3O2. The molecule has 19 heavy (non-hydrogen) atoms. The molecule has 1 heterocycles. The van der Waals surface area contributed by atoms with Crippen molar-refractivity contribution in [3.63, 3.8) is 0 Å². The van der Waals surface area contributed by atoms with Crippen molar-refractivity contribution < 1.29 is 13.9 Å². The number of anilines is 1. The molecule has 0 saturated heterocycles. The molecular weight excluding hydrogens is 249 g/mol. The predicted molar refractivity (Wildman–Crippen MR) is 68.4 cm³/mol. The Bertz CT molecular complexity index is 644. The molecule has 0 aliphatic carbocycles. The number of halogens is 1. The summed E-state index contributed by atoms with van der Waals surface area (Å²) < 4.78 is 18.9. The van der Waals surface area contributed by atoms with Crippen molar-refractivity contribution in [2.45, 2.75) is 6.92 Å². The van der Waals surface area contributed by atoms with E-state index in [-0.39, 0.29) is 22.9 Å². The predicted octanol–water partition coefficient (Wildman–Crippen LogP) is 2.00. The lowest BCUT2D eigenvalue weighted by Crippen LogP contribution is -2.14. The van der Waals surface area contributed by atoms with E-state index in [1.54, 1.807) is 19.1 Å². The number of hydrogen-bond donors (Lipinski definition) is 2. The Hall–Kier alpha value is -2.63. The van der Waals surface area contributed by atoms with Gasteiger partial charge in [-0.15, -0.1) is 0 Å². The number of aromatic nitrogens is 1. The van der Waals surface area contributed by atoms with Crippen LogP contribution >= 0.6 is 0 Å². The molecule has 98 valence electrons. The average Bonchev–Trinajstić information content (AvgIpc) is 2.33. The van der Waals surface area contributed by atoms with Crippen LogP contribution in [0.25, 0.3) is 0 Å². The zero-order valence-electron chi connectivity index (χ0n) is 10.2. The molecule has 1 aromatic carbocycles. The Kier molecular flexibility index (Phi) is 3.33. The first-order chi connectivity index (χ1) is 8.99. The maximum atomic E-state index is 13.6. The van der Waals surface area contributed by atoms with Gasteiger partial charge in [0.15, 0.2) is 0 Å². The number of nitrogens with two attached hydrogens (primary N) is 2. The molecule has 2 rings (SSSR count). The van der Waals surface area contributed by atoms with Crippen LogP contribution < -0.4 is 16.2 Å². The fourth-order valence-electron chi connectivity index (χ4n) is 1.56. The van der Waals surface area contributed by atoms with E-state index >= 15 is 0 Å². The Morgan fingerprint density at radius 1 is 1.32 bits per heavy atom. The third-order valence-corrected chi connectivity index (χ3v) is 2.46. The van der Waals surface area contributed by atoms with Crippen LogP contribution in [0.1, 0.15) is 16.1 Å². The van der Waals surface area contributed by atoms with Gasteiger partial charge in [-0.25, -0.2) is 9.37 Å². The number of ether oxygens (including phenoxy) is 1. The molecule has 5 nitrogen and oxygen atoms in total. The highest BCUT2D eigenvalue weighted by Gasteiger charge is 2.17. The zero-order valence-corrected chi connectivity index (χ0v) is 10.2. The van der Waals surface area contributed by atoms with E-state index in [9.17, 15) is 9.18 Å². The van der Waals surface area contributed by atoms with E-state index in [1.165, 1.54) is 12.1 Å². The Morgan fingerprint density at radius 3 is 2.74 bits per heavy atom. The Labute approximate surface area is 109 Å². The standard InChI is InChI=1S/C13H12FN3O2/c1-7-5-6-9(15)13(17-7)19-10-4-2-3-8(14)11(10)12(16)18/h2-6H,15H2,1H3,(H2,16,18). The number of hydrogen-bond acceptors (Lipinski definition) is 4. The smallest absolute Gasteiger partial charge is 0.255 e. The second-order valence-electron chi connectivity index (χ2n) is 3.93. The summed E-state index contributed by atoms with van der Waals surface area (Å²) in [7, 11) is 0. The lowest BCUT2D eigenvalue weighted by atomic mass is 10.2. The highest BCUT2D eigenvalue weighted by atomic mass is 19.1. The lowest BCUT2D eigenvalue weighted by Gasteiger charge is -2.11. The van der Waals surface area contributed by atoms with Crippen LogP contribution in [0.2, 0.25) is 0 Å². The van der Waals surface area contributed by atoms with Crippen LogP contribution in [-0.4, -0.2) is 10.9 Å². The molecule has 2 aromatic rings. The first-order valence-electron chi connectivity index (χ1n) is 5.48. The summed E-state index contributed by atoms with van der Waals surface area (Å²) >= 11 is 0. The van der Waals surface area contributed by atoms with Gasteiger partial charge in [-0.2, -0.15) is 0 Å². The van der Waals surface area contributed by atoms with Crippen molar-refractivity contribution in [2.24, 2.45) is 5.73 Å². The second kappa shape index (κ2) is 4.93. The number of amides is 1. The van der Waals surface area contributed by atoms with Gasteiger partial charge in [0, 0.05) is 5.69 Å². The van der Waals surface area contributed by atoms with Gasteiger partial charge in [0.1, 0.15) is 17.1 Å². The number of rotatable bonds is 3. The number of carbonyl (C=O) groups excluding carboxylic acids is 1. The number of nitrogens with zero attached hydrogens (tertiary/aromatic N) is 1. The molecule has 0 atom stereocenters. The van der Waals surface area contributed by atoms with Gasteiger partial charge in [-0.05, 0) is 31.2 Å². The molecule has 6 heteroatoms. The van der Waals surface area contributed by atoms with Gasteiger partial charge in [0.25, 0.3) is 5.91 Å². The fraction of sp³-hybridized carbons (Fsp3) is 0.0769. The first-order valence-corrected chi connectivity index (χ1v) is 5.48. The van der Waals surface area contributed by atoms with Gasteiger partial charge in [-0.1, -0.05) is 6.07 Å². The van der Waals surface area contributed by atoms with Gasteiger partial charge in [-0.3, -0.25) is 4.79 Å². The largest absolute Gasteiger partial charge is 0.436 e. The van der Waals surface area contributed by atoms with Gasteiger partial charge in [0.2, 0.25) is 5.88 Å². The van der Waals surface area contributed by atoms with Crippen LogP contribution in [0, 0.1) is 12.7 Å². The summed E-state index contributed by atoms with van der Waals surface area (Å²) in [5, 5.41) is 0. The van der Waals surface area contributed by atoms with Gasteiger partial charge >= 0.3 is 0 Å². The number of primary amides is 1.